The van der Waals surface area contributed by atoms with Gasteiger partial charge in [0.05, 0.1) is 22.6 Å². The van der Waals surface area contributed by atoms with E-state index in [1.54, 1.807) is 17.8 Å². The summed E-state index contributed by atoms with van der Waals surface area (Å²) in [7, 11) is 0. The van der Waals surface area contributed by atoms with E-state index in [0.29, 0.717) is 33.8 Å². The molecule has 2 amide bonds. The lowest BCUT2D eigenvalue weighted by molar-refractivity contribution is -0.116. The molecule has 0 fully saturated rings. The normalized spacial score (nSPS) is 11.5. The minimum Gasteiger partial charge on any atom is -0.365 e. The Balaban J connectivity index is 1.89. The first-order valence-electron chi connectivity index (χ1n) is 10.2. The van der Waals surface area contributed by atoms with Crippen molar-refractivity contribution in [3.8, 4) is 11.1 Å². The number of nitrogens with two attached hydrogens (primary N) is 1. The highest BCUT2D eigenvalue weighted by molar-refractivity contribution is 7.21. The molecule has 4 aromatic rings. The van der Waals surface area contributed by atoms with E-state index in [-0.39, 0.29) is 21.9 Å². The number of rotatable bonds is 7. The molecule has 13 heteroatoms. The van der Waals surface area contributed by atoms with Gasteiger partial charge in [-0.25, -0.2) is 13.8 Å². The molecule has 0 aliphatic rings. The second kappa shape index (κ2) is 9.11. The number of halogens is 3. The first-order valence-corrected chi connectivity index (χ1v) is 11.4. The van der Waals surface area contributed by atoms with Gasteiger partial charge < -0.3 is 11.1 Å². The van der Waals surface area contributed by atoms with Gasteiger partial charge in [0.15, 0.2) is 0 Å². The number of fused-ring (bicyclic) bond motifs is 1. The van der Waals surface area contributed by atoms with Crippen molar-refractivity contribution in [2.75, 3.05) is 5.32 Å². The van der Waals surface area contributed by atoms with Crippen LogP contribution in [0.2, 0.25) is 5.02 Å². The van der Waals surface area contributed by atoms with Crippen molar-refractivity contribution in [3.05, 3.63) is 45.4 Å². The fourth-order valence-corrected chi connectivity index (χ4v) is 4.83. The summed E-state index contributed by atoms with van der Waals surface area (Å²) in [6.45, 7) is 5.80. The number of carbonyl (C=O) groups excluding carboxylic acids is 2. The summed E-state index contributed by atoms with van der Waals surface area (Å²) in [6, 6.07) is 1.25. The minimum atomic E-state index is -2.84. The Labute approximate surface area is 201 Å². The average Bonchev–Trinajstić information content (AvgIpc) is 3.42. The van der Waals surface area contributed by atoms with Crippen molar-refractivity contribution >= 4 is 50.7 Å². The highest BCUT2D eigenvalue weighted by atomic mass is 35.5. The highest BCUT2D eigenvalue weighted by Gasteiger charge is 2.26. The van der Waals surface area contributed by atoms with Crippen molar-refractivity contribution in [1.82, 2.24) is 24.5 Å². The number of nitrogens with one attached hydrogen (secondary N) is 1. The molecule has 178 valence electrons. The maximum Gasteiger partial charge on any atom is 0.280 e. The lowest BCUT2D eigenvalue weighted by atomic mass is 10.0. The topological polar surface area (TPSA) is 121 Å². The molecule has 0 aliphatic carbocycles. The molecule has 0 radical (unpaired) electrons. The van der Waals surface area contributed by atoms with E-state index >= 15 is 0 Å². The van der Waals surface area contributed by atoms with Gasteiger partial charge in [0.25, 0.3) is 12.3 Å². The summed E-state index contributed by atoms with van der Waals surface area (Å²) >= 11 is 6.85. The van der Waals surface area contributed by atoms with Crippen molar-refractivity contribution in [2.45, 2.75) is 40.3 Å². The van der Waals surface area contributed by atoms with Crippen LogP contribution in [0.15, 0.2) is 18.5 Å². The van der Waals surface area contributed by atoms with Crippen LogP contribution in [0.25, 0.3) is 21.3 Å². The van der Waals surface area contributed by atoms with Gasteiger partial charge in [-0.15, -0.1) is 11.3 Å². The van der Waals surface area contributed by atoms with Crippen LogP contribution >= 0.6 is 22.9 Å². The Bertz CT molecular complexity index is 1410. The van der Waals surface area contributed by atoms with Gasteiger partial charge >= 0.3 is 0 Å². The number of amides is 2. The van der Waals surface area contributed by atoms with E-state index in [9.17, 15) is 18.4 Å². The van der Waals surface area contributed by atoms with Crippen molar-refractivity contribution in [2.24, 2.45) is 5.73 Å². The molecule has 0 bridgehead atoms. The van der Waals surface area contributed by atoms with Crippen LogP contribution in [0, 0.1) is 13.8 Å². The van der Waals surface area contributed by atoms with Crippen LogP contribution in [0.4, 0.5) is 14.5 Å². The summed E-state index contributed by atoms with van der Waals surface area (Å²) in [6.07, 6.45) is 0.223. The van der Waals surface area contributed by atoms with Crippen LogP contribution in [0.5, 0.6) is 0 Å². The summed E-state index contributed by atoms with van der Waals surface area (Å²) < 4.78 is 30.4. The number of aromatic nitrogens is 5. The average molecular weight is 508 g/mol. The third-order valence-electron chi connectivity index (χ3n) is 5.28. The molecule has 4 rings (SSSR count). The predicted octanol–water partition coefficient (Wildman–Crippen LogP) is 4.32. The lowest BCUT2D eigenvalue weighted by Gasteiger charge is -2.11. The van der Waals surface area contributed by atoms with Crippen LogP contribution < -0.4 is 11.1 Å². The van der Waals surface area contributed by atoms with Gasteiger partial charge in [0, 0.05) is 29.4 Å². The maximum atomic E-state index is 13.7. The Hall–Kier alpha value is -3.38. The van der Waals surface area contributed by atoms with Crippen LogP contribution in [0.1, 0.15) is 40.1 Å². The predicted molar refractivity (Wildman–Crippen MR) is 125 cm³/mol. The van der Waals surface area contributed by atoms with E-state index in [1.807, 2.05) is 13.8 Å². The number of alkyl halides is 2. The second-order valence-electron chi connectivity index (χ2n) is 7.51. The van der Waals surface area contributed by atoms with Gasteiger partial charge in [0.1, 0.15) is 21.9 Å². The third-order valence-corrected chi connectivity index (χ3v) is 6.75. The van der Waals surface area contributed by atoms with E-state index in [1.165, 1.54) is 16.9 Å². The number of carbonyl (C=O) groups is 2. The zero-order valence-corrected chi connectivity index (χ0v) is 20.0. The van der Waals surface area contributed by atoms with Crippen molar-refractivity contribution in [1.29, 1.82) is 0 Å². The number of primary amides is 1. The molecule has 4 heterocycles. The zero-order chi connectivity index (χ0) is 24.7. The van der Waals surface area contributed by atoms with Crippen LogP contribution in [0.3, 0.4) is 0 Å². The summed E-state index contributed by atoms with van der Waals surface area (Å²) in [5.74, 6) is -1.33. The molecule has 9 nitrogen and oxygen atoms in total. The van der Waals surface area contributed by atoms with Crippen molar-refractivity contribution in [3.63, 3.8) is 0 Å². The van der Waals surface area contributed by atoms with Crippen molar-refractivity contribution < 1.29 is 18.4 Å². The number of pyridine rings is 1. The Kier molecular flexibility index (Phi) is 6.36. The summed E-state index contributed by atoms with van der Waals surface area (Å²) in [5, 5.41) is 11.9. The smallest absolute Gasteiger partial charge is 0.280 e. The Morgan fingerprint density at radius 1 is 1.29 bits per heavy atom. The zero-order valence-electron chi connectivity index (χ0n) is 18.4. The molecule has 3 N–H and O–H groups in total. The molecule has 0 saturated carbocycles. The molecule has 0 unspecified atom stereocenters. The van der Waals surface area contributed by atoms with Gasteiger partial charge in [-0.2, -0.15) is 10.2 Å². The molecule has 0 aliphatic heterocycles. The van der Waals surface area contributed by atoms with E-state index in [4.69, 9.17) is 17.3 Å². The molecule has 0 spiro atoms. The Morgan fingerprint density at radius 2 is 2.03 bits per heavy atom. The fourth-order valence-electron chi connectivity index (χ4n) is 3.66. The van der Waals surface area contributed by atoms with Gasteiger partial charge in [-0.1, -0.05) is 11.6 Å². The first kappa shape index (κ1) is 23.8. The Morgan fingerprint density at radius 3 is 2.59 bits per heavy atom. The molecule has 0 saturated heterocycles. The number of anilines is 1. The van der Waals surface area contributed by atoms with Gasteiger partial charge in [-0.3, -0.25) is 19.0 Å². The minimum absolute atomic E-state index is 0.00117. The number of nitrogens with zero attached hydrogens (tertiary/aromatic N) is 5. The van der Waals surface area contributed by atoms with E-state index in [0.717, 1.165) is 17.0 Å². The van der Waals surface area contributed by atoms with E-state index < -0.39 is 23.9 Å². The van der Waals surface area contributed by atoms with Gasteiger partial charge in [-0.05, 0) is 32.4 Å². The summed E-state index contributed by atoms with van der Waals surface area (Å²) in [4.78, 5) is 29.2. The number of hydrogen-bond acceptors (Lipinski definition) is 6. The highest BCUT2D eigenvalue weighted by Crippen LogP contribution is 2.43. The molecular formula is C21H20ClF2N7O2S. The quantitative estimate of drug-likeness (QED) is 0.386. The SMILES string of the molecule is CCn1ncc(-c2cc(C(F)F)nc3sc(C(N)=O)c(NC(=O)Cn4cc(Cl)c(C)n4)c23)c1C. The molecule has 4 aromatic heterocycles. The molecule has 0 aromatic carbocycles. The molecule has 0 atom stereocenters. The molecule has 34 heavy (non-hydrogen) atoms. The van der Waals surface area contributed by atoms with Crippen LogP contribution in [-0.4, -0.2) is 36.4 Å². The number of thiophene rings is 1. The number of aryl methyl sites for hydroxylation is 2. The maximum absolute atomic E-state index is 13.7. The number of hydrogen-bond donors (Lipinski definition) is 2. The van der Waals surface area contributed by atoms with E-state index in [2.05, 4.69) is 20.5 Å². The second-order valence-corrected chi connectivity index (χ2v) is 8.92. The lowest BCUT2D eigenvalue weighted by Crippen LogP contribution is -2.21. The largest absolute Gasteiger partial charge is 0.365 e. The third kappa shape index (κ3) is 4.26. The fraction of sp³-hybridized carbons (Fsp3) is 0.286. The van der Waals surface area contributed by atoms with Gasteiger partial charge in [0.2, 0.25) is 5.91 Å². The standard InChI is InChI=1S/C21H20ClF2N7O2S/c1-4-31-10(3)12(6-26-31)11-5-14(19(23)24)27-21-16(11)17(18(34-21)20(25)33)28-15(32)8-30-7-13(22)9(2)29-30/h5-7,19H,4,8H2,1-3H3,(H2,25,33)(H,28,32). The molecular weight excluding hydrogens is 488 g/mol. The first-order chi connectivity index (χ1) is 16.1. The summed E-state index contributed by atoms with van der Waals surface area (Å²) in [5.41, 5.74) is 7.46. The van der Waals surface area contributed by atoms with Crippen LogP contribution in [-0.2, 0) is 17.9 Å². The monoisotopic (exact) mass is 507 g/mol.